The number of nitrogens with zero attached hydrogens (tertiary/aromatic N) is 13. The van der Waals surface area contributed by atoms with Crippen LogP contribution in [-0.4, -0.2) is 196 Å². The number of carbonyl (C=O) groups is 9. The van der Waals surface area contributed by atoms with Gasteiger partial charge in [0.15, 0.2) is 0 Å². The minimum atomic E-state index is -0.644. The van der Waals surface area contributed by atoms with Crippen LogP contribution in [0.25, 0.3) is 0 Å². The Balaban J connectivity index is 0.000000567. The van der Waals surface area contributed by atoms with Gasteiger partial charge in [-0.05, 0) is 25.5 Å². The maximum absolute atomic E-state index is 12.1. The molecule has 0 spiro atoms. The highest BCUT2D eigenvalue weighted by Crippen LogP contribution is 2.19. The number of rotatable bonds is 9. The Labute approximate surface area is 486 Å². The summed E-state index contributed by atoms with van der Waals surface area (Å²) >= 11 is 0. The number of hydroxylamine groups is 6. The first-order valence-electron chi connectivity index (χ1n) is 28.7. The molecular formula is C57H95N13O12. The summed E-state index contributed by atoms with van der Waals surface area (Å²) in [6.07, 6.45) is 0.704. The third kappa shape index (κ3) is 22.2. The average molecular weight is 1150 g/mol. The normalized spacial score (nSPS) is 17.0. The van der Waals surface area contributed by atoms with E-state index in [0.717, 1.165) is 49.8 Å². The molecule has 3 aromatic rings. The molecule has 6 saturated heterocycles. The number of aromatic nitrogens is 4. The molecule has 0 radical (unpaired) electrons. The van der Waals surface area contributed by atoms with Crippen LogP contribution in [0.5, 0.6) is 0 Å². The average Bonchev–Trinajstić information content (AvgIpc) is 4.28. The molecule has 25 nitrogen and oxygen atoms in total. The number of carbonyl (C=O) groups excluding carboxylic acids is 9. The molecular weight excluding hydrogens is 1060 g/mol. The van der Waals surface area contributed by atoms with Gasteiger partial charge in [-0.1, -0.05) is 107 Å². The predicted octanol–water partition coefficient (Wildman–Crippen LogP) is 6.87. The molecule has 0 unspecified atom stereocenters. The van der Waals surface area contributed by atoms with Crippen LogP contribution >= 0.6 is 0 Å². The van der Waals surface area contributed by atoms with E-state index in [2.05, 4.69) is 37.0 Å². The zero-order valence-corrected chi connectivity index (χ0v) is 50.6. The first-order chi connectivity index (χ1) is 39.0. The van der Waals surface area contributed by atoms with E-state index >= 15 is 0 Å². The van der Waals surface area contributed by atoms with Gasteiger partial charge in [-0.25, -0.2) is 14.4 Å². The van der Waals surface area contributed by atoms with E-state index in [1.807, 2.05) is 132 Å². The SMILES string of the molecule is C.CC.CC.CC.CC.CC.Cc1cc(CN2CCN(C(=O)ON3C(=O)CCC3=O)CC2)n(C)n1.Cc1nn(C)cc1CN1CCN(C(=O)ON2C(=O)CCC2=O)CC1.O=C(ON1C(=O)CCC1=O)N1CCN(Cc2ccccc2)CC1. The summed E-state index contributed by atoms with van der Waals surface area (Å²) in [5.74, 6) is -2.74. The monoisotopic (exact) mass is 1150 g/mol. The number of benzene rings is 1. The summed E-state index contributed by atoms with van der Waals surface area (Å²) in [6.45, 7) is 33.6. The van der Waals surface area contributed by atoms with Crippen LogP contribution in [0.4, 0.5) is 14.4 Å². The van der Waals surface area contributed by atoms with Crippen molar-refractivity contribution in [1.82, 2.24) is 64.2 Å². The summed E-state index contributed by atoms with van der Waals surface area (Å²) in [5.41, 5.74) is 5.51. The second kappa shape index (κ2) is 38.5. The predicted molar refractivity (Wildman–Crippen MR) is 309 cm³/mol. The van der Waals surface area contributed by atoms with Crippen molar-refractivity contribution >= 4 is 53.7 Å². The summed E-state index contributed by atoms with van der Waals surface area (Å²) in [5, 5.41) is 10.4. The van der Waals surface area contributed by atoms with Gasteiger partial charge >= 0.3 is 18.3 Å². The van der Waals surface area contributed by atoms with Crippen LogP contribution in [0.2, 0.25) is 0 Å². The van der Waals surface area contributed by atoms with Crippen LogP contribution in [-0.2, 0) is 77.0 Å². The number of aryl methyl sites for hydroxylation is 4. The lowest BCUT2D eigenvalue weighted by Gasteiger charge is -2.34. The van der Waals surface area contributed by atoms with E-state index in [1.165, 1.54) is 25.8 Å². The van der Waals surface area contributed by atoms with Gasteiger partial charge in [-0.15, -0.1) is 15.2 Å². The molecule has 6 aliphatic heterocycles. The first-order valence-corrected chi connectivity index (χ1v) is 28.7. The molecule has 9 amide bonds. The van der Waals surface area contributed by atoms with Crippen molar-refractivity contribution in [2.45, 2.75) is 149 Å². The molecule has 0 saturated carbocycles. The summed E-state index contributed by atoms with van der Waals surface area (Å²) < 4.78 is 3.66. The quantitative estimate of drug-likeness (QED) is 0.198. The van der Waals surface area contributed by atoms with Crippen molar-refractivity contribution in [2.24, 2.45) is 14.1 Å². The number of amides is 9. The van der Waals surface area contributed by atoms with Gasteiger partial charge in [-0.3, -0.25) is 52.8 Å². The van der Waals surface area contributed by atoms with Crippen molar-refractivity contribution in [2.75, 3.05) is 78.5 Å². The smallest absolute Gasteiger partial charge is 0.311 e. The molecule has 0 N–H and O–H groups in total. The van der Waals surface area contributed by atoms with Crippen molar-refractivity contribution in [3.8, 4) is 0 Å². The minimum Gasteiger partial charge on any atom is -0.311 e. The number of imide groups is 3. The summed E-state index contributed by atoms with van der Waals surface area (Å²) in [4.78, 5) is 131. The highest BCUT2D eigenvalue weighted by atomic mass is 16.7. The van der Waals surface area contributed by atoms with Crippen molar-refractivity contribution in [1.29, 1.82) is 0 Å². The van der Waals surface area contributed by atoms with E-state index in [-0.39, 0.29) is 46.0 Å². The van der Waals surface area contributed by atoms with Crippen molar-refractivity contribution in [3.05, 3.63) is 70.8 Å². The van der Waals surface area contributed by atoms with E-state index in [1.54, 1.807) is 4.68 Å². The Kier molecular flexibility index (Phi) is 34.1. The number of piperazine rings is 3. The molecule has 6 aliphatic rings. The van der Waals surface area contributed by atoms with E-state index in [0.29, 0.717) is 80.6 Å². The molecule has 8 heterocycles. The first kappa shape index (κ1) is 72.8. The summed E-state index contributed by atoms with van der Waals surface area (Å²) in [6, 6.07) is 12.2. The lowest BCUT2D eigenvalue weighted by atomic mass is 10.2. The number of hydrogen-bond donors (Lipinski definition) is 0. The Morgan fingerprint density at radius 3 is 1.06 bits per heavy atom. The molecule has 6 fully saturated rings. The molecule has 460 valence electrons. The van der Waals surface area contributed by atoms with E-state index < -0.39 is 53.7 Å². The second-order valence-electron chi connectivity index (χ2n) is 17.9. The zero-order valence-electron chi connectivity index (χ0n) is 50.6. The van der Waals surface area contributed by atoms with Gasteiger partial charge < -0.3 is 29.2 Å². The van der Waals surface area contributed by atoms with Gasteiger partial charge in [0.05, 0.1) is 17.1 Å². The zero-order chi connectivity index (χ0) is 60.8. The van der Waals surface area contributed by atoms with Gasteiger partial charge in [0, 0.05) is 163 Å². The lowest BCUT2D eigenvalue weighted by Crippen LogP contribution is -2.50. The third-order valence-electron chi connectivity index (χ3n) is 12.7. The Morgan fingerprint density at radius 1 is 0.451 bits per heavy atom. The Hall–Kier alpha value is -7.25. The second-order valence-corrected chi connectivity index (χ2v) is 17.9. The standard InChI is InChI=1S/C16H19N3O4.2C15H21N5O4.5C2H6.CH4/c20-14-6-7-15(21)19(14)23-16(22)18-10-8-17(9-11-18)12-13-4-2-1-3-5-13;1-11-12(9-17(2)16-11)10-18-5-7-19(8-6-18)15(23)24-20-13(21)3-4-14(20)22;1-11-9-12(17(2)16-11)10-18-5-7-19(8-6-18)15(23)24-20-13(21)3-4-14(20)22;5*1-2;/h1-5H,6-12H2;2*9H,3-8,10H2,1-2H3;5*1-2H3;1H4. The fourth-order valence-electron chi connectivity index (χ4n) is 8.57. The van der Waals surface area contributed by atoms with Crippen LogP contribution in [0.1, 0.15) is 143 Å². The van der Waals surface area contributed by atoms with Crippen LogP contribution in [0, 0.1) is 13.8 Å². The van der Waals surface area contributed by atoms with Crippen LogP contribution in [0.15, 0.2) is 42.6 Å². The van der Waals surface area contributed by atoms with Gasteiger partial charge in [0.2, 0.25) is 0 Å². The highest BCUT2D eigenvalue weighted by molar-refractivity contribution is 6.02. The molecule has 0 atom stereocenters. The Bertz CT molecular complexity index is 2300. The minimum absolute atomic E-state index is 0. The molecule has 25 heteroatoms. The van der Waals surface area contributed by atoms with Gasteiger partial charge in [-0.2, -0.15) is 10.2 Å². The molecule has 82 heavy (non-hydrogen) atoms. The van der Waals surface area contributed by atoms with Crippen LogP contribution < -0.4 is 0 Å². The van der Waals surface area contributed by atoms with Crippen molar-refractivity contribution in [3.63, 3.8) is 0 Å². The Morgan fingerprint density at radius 2 is 0.768 bits per heavy atom. The van der Waals surface area contributed by atoms with E-state index in [9.17, 15) is 43.2 Å². The lowest BCUT2D eigenvalue weighted by molar-refractivity contribution is -0.174. The fourth-order valence-corrected chi connectivity index (χ4v) is 8.57. The van der Waals surface area contributed by atoms with E-state index in [4.69, 9.17) is 14.5 Å². The maximum Gasteiger partial charge on any atom is 0.434 e. The highest BCUT2D eigenvalue weighted by Gasteiger charge is 2.37. The van der Waals surface area contributed by atoms with Gasteiger partial charge in [0.25, 0.3) is 35.4 Å². The molecule has 0 bridgehead atoms. The fraction of sp³-hybridized carbons (Fsp3) is 0.632. The van der Waals surface area contributed by atoms with Crippen LogP contribution in [0.3, 0.4) is 0 Å². The third-order valence-corrected chi connectivity index (χ3v) is 12.7. The number of hydrogen-bond acceptors (Lipinski definition) is 17. The van der Waals surface area contributed by atoms with Gasteiger partial charge in [0.1, 0.15) is 0 Å². The molecule has 2 aromatic heterocycles. The molecule has 0 aliphatic carbocycles. The molecule has 1 aromatic carbocycles. The van der Waals surface area contributed by atoms with Crippen molar-refractivity contribution < 1.29 is 57.7 Å². The topological polar surface area (TPSA) is 246 Å². The summed E-state index contributed by atoms with van der Waals surface area (Å²) in [7, 11) is 3.81. The largest absolute Gasteiger partial charge is 0.434 e. The maximum atomic E-state index is 12.1. The molecule has 9 rings (SSSR count).